The Kier molecular flexibility index (Phi) is 9.61. The second-order valence-electron chi connectivity index (χ2n) is 11.5. The van der Waals surface area contributed by atoms with Gasteiger partial charge in [-0.1, -0.05) is 79.9 Å². The Bertz CT molecular complexity index is 1370. The zero-order valence-electron chi connectivity index (χ0n) is 24.2. The van der Waals surface area contributed by atoms with E-state index >= 15 is 0 Å². The lowest BCUT2D eigenvalue weighted by Crippen LogP contribution is -2.64. The topological polar surface area (TPSA) is 95.7 Å². The Hall–Kier alpha value is -3.97. The molecule has 4 rings (SSSR count). The van der Waals surface area contributed by atoms with Crippen molar-refractivity contribution in [1.82, 2.24) is 15.1 Å². The van der Waals surface area contributed by atoms with Crippen LogP contribution in [0.3, 0.4) is 0 Å². The van der Waals surface area contributed by atoms with Crippen LogP contribution in [0, 0.1) is 0 Å². The van der Waals surface area contributed by atoms with Crippen molar-refractivity contribution in [2.45, 2.75) is 69.1 Å². The highest BCUT2D eigenvalue weighted by Gasteiger charge is 2.40. The summed E-state index contributed by atoms with van der Waals surface area (Å²) in [5.41, 5.74) is 7.84. The molecule has 2 fully saturated rings. The summed E-state index contributed by atoms with van der Waals surface area (Å²) in [6.07, 6.45) is 12.7. The molecule has 7 nitrogen and oxygen atoms in total. The Morgan fingerprint density at radius 3 is 2.59 bits per heavy atom. The summed E-state index contributed by atoms with van der Waals surface area (Å²) in [5, 5.41) is 5.14. The molecule has 2 unspecified atom stereocenters. The molecule has 3 amide bonds. The van der Waals surface area contributed by atoms with Gasteiger partial charge in [0, 0.05) is 38.0 Å². The summed E-state index contributed by atoms with van der Waals surface area (Å²) in [6.45, 7) is 9.83. The molecule has 0 bridgehead atoms. The van der Waals surface area contributed by atoms with Crippen LogP contribution in [0.1, 0.15) is 44.6 Å². The fraction of sp³-hybridized carbons (Fsp3) is 0.382. The monoisotopic (exact) mass is 554 g/mol. The predicted molar refractivity (Wildman–Crippen MR) is 165 cm³/mol. The number of hydrogen-bond donors (Lipinski definition) is 2. The van der Waals surface area contributed by atoms with Gasteiger partial charge in [0.2, 0.25) is 17.7 Å². The second-order valence-corrected chi connectivity index (χ2v) is 11.5. The lowest BCUT2D eigenvalue weighted by atomic mass is 9.75. The zero-order valence-corrected chi connectivity index (χ0v) is 24.2. The summed E-state index contributed by atoms with van der Waals surface area (Å²) in [4.78, 5) is 44.1. The molecule has 1 aliphatic carbocycles. The number of carbonyl (C=O) groups is 3. The molecule has 0 aromatic heterocycles. The van der Waals surface area contributed by atoms with Crippen LogP contribution in [0.5, 0.6) is 0 Å². The van der Waals surface area contributed by atoms with Gasteiger partial charge in [0.15, 0.2) is 0 Å². The van der Waals surface area contributed by atoms with E-state index in [1.165, 1.54) is 11.0 Å². The van der Waals surface area contributed by atoms with Gasteiger partial charge in [0.05, 0.1) is 0 Å². The minimum Gasteiger partial charge on any atom is -0.350 e. The molecule has 7 heteroatoms. The van der Waals surface area contributed by atoms with E-state index in [0.717, 1.165) is 41.2 Å². The van der Waals surface area contributed by atoms with Crippen molar-refractivity contribution in [3.63, 3.8) is 0 Å². The van der Waals surface area contributed by atoms with Crippen molar-refractivity contribution in [3.05, 3.63) is 97.1 Å². The molecule has 41 heavy (non-hydrogen) atoms. The summed E-state index contributed by atoms with van der Waals surface area (Å²) in [7, 11) is 1.66. The number of nitrogens with two attached hydrogens (primary N) is 1. The normalized spacial score (nSPS) is 21.2. The number of allylic oxidation sites excluding steroid dienone is 3. The number of fused-ring (bicyclic) bond motifs is 1. The molecule has 1 heterocycles. The smallest absolute Gasteiger partial charge is 0.246 e. The van der Waals surface area contributed by atoms with E-state index in [1.807, 2.05) is 49.4 Å². The van der Waals surface area contributed by atoms with Gasteiger partial charge in [-0.15, -0.1) is 0 Å². The lowest BCUT2D eigenvalue weighted by molar-refractivity contribution is -0.150. The first kappa shape index (κ1) is 30.0. The van der Waals surface area contributed by atoms with Crippen LogP contribution < -0.4 is 11.1 Å². The molecule has 216 valence electrons. The maximum Gasteiger partial charge on any atom is 0.246 e. The number of carbonyl (C=O) groups excluding carboxylic acids is 3. The summed E-state index contributed by atoms with van der Waals surface area (Å²) >= 11 is 0. The van der Waals surface area contributed by atoms with E-state index < -0.39 is 12.1 Å². The zero-order chi connectivity index (χ0) is 29.6. The first-order valence-corrected chi connectivity index (χ1v) is 14.4. The highest BCUT2D eigenvalue weighted by Crippen LogP contribution is 2.32. The fourth-order valence-electron chi connectivity index (χ4n) is 5.66. The van der Waals surface area contributed by atoms with Crippen molar-refractivity contribution in [1.29, 1.82) is 0 Å². The number of benzene rings is 2. The number of hydrogen-bond acceptors (Lipinski definition) is 4. The Morgan fingerprint density at radius 2 is 1.93 bits per heavy atom. The predicted octanol–water partition coefficient (Wildman–Crippen LogP) is 4.44. The van der Waals surface area contributed by atoms with Gasteiger partial charge in [-0.25, -0.2) is 0 Å². The molecular weight excluding hydrogens is 512 g/mol. The van der Waals surface area contributed by atoms with Gasteiger partial charge in [-0.05, 0) is 60.6 Å². The SMILES string of the molecule is C=C/C=C(\C=C)CC1C(=O)NC(C)CN1C(=O)[C@@H](Cc1ccc2ccccc2c1)N(C)C(=O)/C=C/CC1(N)CCC1. The number of amides is 3. The summed E-state index contributed by atoms with van der Waals surface area (Å²) in [6, 6.07) is 12.4. The number of nitrogens with one attached hydrogen (secondary N) is 1. The minimum atomic E-state index is -0.806. The van der Waals surface area contributed by atoms with Crippen molar-refractivity contribution in [3.8, 4) is 0 Å². The van der Waals surface area contributed by atoms with E-state index in [4.69, 9.17) is 5.73 Å². The molecule has 0 radical (unpaired) electrons. The largest absolute Gasteiger partial charge is 0.350 e. The van der Waals surface area contributed by atoms with Crippen molar-refractivity contribution >= 4 is 28.5 Å². The maximum absolute atomic E-state index is 14.4. The van der Waals surface area contributed by atoms with E-state index in [1.54, 1.807) is 30.2 Å². The van der Waals surface area contributed by atoms with E-state index in [2.05, 4.69) is 24.5 Å². The Balaban J connectivity index is 1.65. The number of nitrogens with zero attached hydrogens (tertiary/aromatic N) is 2. The third-order valence-electron chi connectivity index (χ3n) is 8.32. The number of rotatable bonds is 11. The maximum atomic E-state index is 14.4. The average Bonchev–Trinajstić information content (AvgIpc) is 2.94. The molecule has 3 atom stereocenters. The lowest BCUT2D eigenvalue weighted by Gasteiger charge is -2.41. The highest BCUT2D eigenvalue weighted by molar-refractivity contribution is 5.96. The summed E-state index contributed by atoms with van der Waals surface area (Å²) < 4.78 is 0. The van der Waals surface area contributed by atoms with Crippen LogP contribution >= 0.6 is 0 Å². The van der Waals surface area contributed by atoms with Crippen molar-refractivity contribution in [2.24, 2.45) is 5.73 Å². The van der Waals surface area contributed by atoms with Crippen molar-refractivity contribution < 1.29 is 14.4 Å². The fourth-order valence-corrected chi connectivity index (χ4v) is 5.66. The quantitative estimate of drug-likeness (QED) is 0.317. The third kappa shape index (κ3) is 7.22. The van der Waals surface area contributed by atoms with Crippen LogP contribution in [0.25, 0.3) is 10.8 Å². The first-order valence-electron chi connectivity index (χ1n) is 14.4. The molecule has 2 aliphatic rings. The van der Waals surface area contributed by atoms with Crippen LogP contribution in [0.4, 0.5) is 0 Å². The Labute approximate surface area is 243 Å². The highest BCUT2D eigenvalue weighted by atomic mass is 16.2. The van der Waals surface area contributed by atoms with Crippen LogP contribution in [-0.2, 0) is 20.8 Å². The van der Waals surface area contributed by atoms with Crippen LogP contribution in [-0.4, -0.2) is 64.8 Å². The van der Waals surface area contributed by atoms with E-state index in [-0.39, 0.29) is 29.3 Å². The van der Waals surface area contributed by atoms with Gasteiger partial charge in [-0.2, -0.15) is 0 Å². The Morgan fingerprint density at radius 1 is 1.20 bits per heavy atom. The van der Waals surface area contributed by atoms with Gasteiger partial charge in [0.1, 0.15) is 12.1 Å². The van der Waals surface area contributed by atoms with Gasteiger partial charge in [-0.3, -0.25) is 14.4 Å². The van der Waals surface area contributed by atoms with E-state index in [9.17, 15) is 14.4 Å². The minimum absolute atomic E-state index is 0.219. The number of piperazine rings is 1. The van der Waals surface area contributed by atoms with Crippen molar-refractivity contribution in [2.75, 3.05) is 13.6 Å². The molecule has 1 saturated carbocycles. The average molecular weight is 555 g/mol. The van der Waals surface area contributed by atoms with Gasteiger partial charge in [0.25, 0.3) is 0 Å². The molecular formula is C34H42N4O3. The molecule has 2 aromatic rings. The first-order chi connectivity index (χ1) is 19.6. The van der Waals surface area contributed by atoms with Gasteiger partial charge < -0.3 is 20.9 Å². The van der Waals surface area contributed by atoms with Crippen LogP contribution in [0.15, 0.2) is 91.6 Å². The molecule has 1 aliphatic heterocycles. The van der Waals surface area contributed by atoms with Crippen LogP contribution in [0.2, 0.25) is 0 Å². The molecule has 3 N–H and O–H groups in total. The molecule has 1 saturated heterocycles. The standard InChI is InChI=1S/C34H42N4O3/c1-5-11-25(6-2)21-29-32(40)36-24(3)23-38(29)33(41)30(22-26-15-16-27-12-7-8-13-28(27)20-26)37(4)31(39)14-9-17-34(35)18-10-19-34/h5-9,11-16,20,24,29-30H,1-2,10,17-19,21-23,35H2,3-4H3,(H,36,40)/b14-9+,25-11+/t24?,29?,30-/m1/s1. The number of likely N-dealkylation sites (N-methyl/N-ethyl adjacent to an activating group) is 1. The van der Waals surface area contributed by atoms with Gasteiger partial charge >= 0.3 is 0 Å². The molecule has 2 aromatic carbocycles. The molecule has 0 spiro atoms. The third-order valence-corrected chi connectivity index (χ3v) is 8.32. The summed E-state index contributed by atoms with van der Waals surface area (Å²) in [5.74, 6) is -0.747. The van der Waals surface area contributed by atoms with E-state index in [0.29, 0.717) is 25.8 Å². The second kappa shape index (κ2) is 13.1.